The van der Waals surface area contributed by atoms with Crippen LogP contribution >= 0.6 is 11.3 Å². The average Bonchev–Trinajstić information content (AvgIpc) is 3.21. The highest BCUT2D eigenvalue weighted by molar-refractivity contribution is 7.14. The van der Waals surface area contributed by atoms with E-state index in [4.69, 9.17) is 0 Å². The summed E-state index contributed by atoms with van der Waals surface area (Å²) in [6, 6.07) is 6.47. The lowest BCUT2D eigenvalue weighted by atomic mass is 10.0. The van der Waals surface area contributed by atoms with E-state index >= 15 is 0 Å². The standard InChI is InChI=1S/C18H18N4O3S/c1-3-22-11(2)14(9-19-22)15-10-26-18(20-15)21-16(23)8-12-6-4-5-7-13(12)17(24)25/h4-7,9-10H,3,8H2,1-2H3,(H,24,25)(H,20,21,23). The SMILES string of the molecule is CCn1ncc(-c2csc(NC(=O)Cc3ccccc3C(=O)O)n2)c1C. The van der Waals surface area contributed by atoms with Gasteiger partial charge in [0.05, 0.1) is 23.9 Å². The number of nitrogens with one attached hydrogen (secondary N) is 1. The van der Waals surface area contributed by atoms with E-state index in [1.54, 1.807) is 24.4 Å². The fourth-order valence-corrected chi connectivity index (χ4v) is 3.42. The Morgan fingerprint density at radius 2 is 2.08 bits per heavy atom. The normalized spacial score (nSPS) is 10.7. The topological polar surface area (TPSA) is 97.1 Å². The van der Waals surface area contributed by atoms with Crippen LogP contribution in [0.1, 0.15) is 28.5 Å². The Hall–Kier alpha value is -3.00. The molecule has 134 valence electrons. The van der Waals surface area contributed by atoms with Gasteiger partial charge in [0, 0.05) is 23.2 Å². The van der Waals surface area contributed by atoms with Gasteiger partial charge >= 0.3 is 5.97 Å². The van der Waals surface area contributed by atoms with E-state index in [1.807, 2.05) is 23.9 Å². The van der Waals surface area contributed by atoms with Crippen molar-refractivity contribution in [3.63, 3.8) is 0 Å². The Bertz CT molecular complexity index is 961. The number of carboxylic acids is 1. The number of carbonyl (C=O) groups is 2. The molecule has 7 nitrogen and oxygen atoms in total. The summed E-state index contributed by atoms with van der Waals surface area (Å²) >= 11 is 1.32. The van der Waals surface area contributed by atoms with Gasteiger partial charge in [-0.2, -0.15) is 5.10 Å². The van der Waals surface area contributed by atoms with Crippen molar-refractivity contribution >= 4 is 28.3 Å². The van der Waals surface area contributed by atoms with Crippen LogP contribution in [0.4, 0.5) is 5.13 Å². The maximum Gasteiger partial charge on any atom is 0.335 e. The Balaban J connectivity index is 1.72. The number of aryl methyl sites for hydroxylation is 1. The average molecular weight is 370 g/mol. The molecule has 2 aromatic heterocycles. The lowest BCUT2D eigenvalue weighted by Gasteiger charge is -2.05. The van der Waals surface area contributed by atoms with Crippen molar-refractivity contribution in [1.82, 2.24) is 14.8 Å². The fraction of sp³-hybridized carbons (Fsp3) is 0.222. The van der Waals surface area contributed by atoms with Crippen LogP contribution in [-0.2, 0) is 17.8 Å². The molecule has 0 fully saturated rings. The fourth-order valence-electron chi connectivity index (χ4n) is 2.69. The summed E-state index contributed by atoms with van der Waals surface area (Å²) in [5.74, 6) is -1.35. The number of anilines is 1. The molecule has 1 amide bonds. The van der Waals surface area contributed by atoms with Gasteiger partial charge in [0.15, 0.2) is 5.13 Å². The number of carbonyl (C=O) groups excluding carboxylic acids is 1. The summed E-state index contributed by atoms with van der Waals surface area (Å²) in [6.07, 6.45) is 1.74. The van der Waals surface area contributed by atoms with Crippen LogP contribution in [0.25, 0.3) is 11.3 Å². The minimum absolute atomic E-state index is 0.0236. The molecule has 0 aliphatic carbocycles. The van der Waals surface area contributed by atoms with E-state index in [2.05, 4.69) is 15.4 Å². The first-order chi connectivity index (χ1) is 12.5. The van der Waals surface area contributed by atoms with Gasteiger partial charge in [-0.25, -0.2) is 9.78 Å². The Kier molecular flexibility index (Phi) is 5.13. The van der Waals surface area contributed by atoms with Crippen molar-refractivity contribution in [2.24, 2.45) is 0 Å². The second-order valence-electron chi connectivity index (χ2n) is 5.68. The molecule has 8 heteroatoms. The van der Waals surface area contributed by atoms with Crippen LogP contribution < -0.4 is 5.32 Å². The molecule has 0 aliphatic rings. The number of rotatable bonds is 6. The Morgan fingerprint density at radius 1 is 1.31 bits per heavy atom. The summed E-state index contributed by atoms with van der Waals surface area (Å²) < 4.78 is 1.88. The maximum atomic E-state index is 12.3. The molecule has 0 spiro atoms. The lowest BCUT2D eigenvalue weighted by molar-refractivity contribution is -0.115. The second-order valence-corrected chi connectivity index (χ2v) is 6.54. The molecular formula is C18H18N4O3S. The number of carboxylic acid groups (broad SMARTS) is 1. The molecule has 26 heavy (non-hydrogen) atoms. The van der Waals surface area contributed by atoms with E-state index < -0.39 is 5.97 Å². The van der Waals surface area contributed by atoms with Gasteiger partial charge in [0.2, 0.25) is 5.91 Å². The predicted octanol–water partition coefficient (Wildman–Crippen LogP) is 3.21. The van der Waals surface area contributed by atoms with Gasteiger partial charge in [0.1, 0.15) is 0 Å². The van der Waals surface area contributed by atoms with E-state index in [9.17, 15) is 14.7 Å². The van der Waals surface area contributed by atoms with Crippen LogP contribution in [0.15, 0.2) is 35.8 Å². The van der Waals surface area contributed by atoms with Crippen LogP contribution in [0.2, 0.25) is 0 Å². The van der Waals surface area contributed by atoms with Gasteiger partial charge in [-0.1, -0.05) is 18.2 Å². The van der Waals surface area contributed by atoms with E-state index in [1.165, 1.54) is 17.4 Å². The smallest absolute Gasteiger partial charge is 0.335 e. The Labute approximate surface area is 154 Å². The number of aromatic nitrogens is 3. The quantitative estimate of drug-likeness (QED) is 0.694. The predicted molar refractivity (Wildman–Crippen MR) is 99.5 cm³/mol. The van der Waals surface area contributed by atoms with Gasteiger partial charge < -0.3 is 10.4 Å². The highest BCUT2D eigenvalue weighted by Gasteiger charge is 2.15. The van der Waals surface area contributed by atoms with Gasteiger partial charge in [-0.05, 0) is 25.5 Å². The van der Waals surface area contributed by atoms with Crippen LogP contribution in [0.5, 0.6) is 0 Å². The largest absolute Gasteiger partial charge is 0.478 e. The molecule has 0 atom stereocenters. The summed E-state index contributed by atoms with van der Waals surface area (Å²) in [7, 11) is 0. The van der Waals surface area contributed by atoms with Crippen molar-refractivity contribution in [2.45, 2.75) is 26.8 Å². The number of benzene rings is 1. The monoisotopic (exact) mass is 370 g/mol. The van der Waals surface area contributed by atoms with Crippen molar-refractivity contribution in [3.05, 3.63) is 52.7 Å². The zero-order chi connectivity index (χ0) is 18.7. The molecule has 0 saturated carbocycles. The van der Waals surface area contributed by atoms with Crippen molar-refractivity contribution < 1.29 is 14.7 Å². The van der Waals surface area contributed by atoms with Crippen LogP contribution in [0.3, 0.4) is 0 Å². The first-order valence-electron chi connectivity index (χ1n) is 8.09. The molecule has 2 N–H and O–H groups in total. The summed E-state index contributed by atoms with van der Waals surface area (Å²) in [5, 5.41) is 18.6. The number of aromatic carboxylic acids is 1. The summed E-state index contributed by atoms with van der Waals surface area (Å²) in [5.41, 5.74) is 3.30. The van der Waals surface area contributed by atoms with Crippen molar-refractivity contribution in [1.29, 1.82) is 0 Å². The number of thiazole rings is 1. The third-order valence-electron chi connectivity index (χ3n) is 4.03. The van der Waals surface area contributed by atoms with Crippen LogP contribution in [-0.4, -0.2) is 31.7 Å². The minimum Gasteiger partial charge on any atom is -0.478 e. The van der Waals surface area contributed by atoms with Gasteiger partial charge in [-0.3, -0.25) is 9.48 Å². The molecule has 0 aliphatic heterocycles. The number of nitrogens with zero attached hydrogens (tertiary/aromatic N) is 3. The molecular weight excluding hydrogens is 352 g/mol. The number of amides is 1. The molecule has 2 heterocycles. The van der Waals surface area contributed by atoms with Crippen molar-refractivity contribution in [3.8, 4) is 11.3 Å². The molecule has 3 rings (SSSR count). The third-order valence-corrected chi connectivity index (χ3v) is 4.79. The van der Waals surface area contributed by atoms with Gasteiger partial charge in [-0.15, -0.1) is 11.3 Å². The lowest BCUT2D eigenvalue weighted by Crippen LogP contribution is -2.16. The zero-order valence-corrected chi connectivity index (χ0v) is 15.2. The van der Waals surface area contributed by atoms with Crippen molar-refractivity contribution in [2.75, 3.05) is 5.32 Å². The summed E-state index contributed by atoms with van der Waals surface area (Å²) in [4.78, 5) is 27.9. The molecule has 3 aromatic rings. The highest BCUT2D eigenvalue weighted by atomic mass is 32.1. The molecule has 0 unspecified atom stereocenters. The first kappa shape index (κ1) is 17.8. The van der Waals surface area contributed by atoms with Crippen LogP contribution in [0, 0.1) is 6.92 Å². The van der Waals surface area contributed by atoms with Gasteiger partial charge in [0.25, 0.3) is 0 Å². The number of hydrogen-bond acceptors (Lipinski definition) is 5. The summed E-state index contributed by atoms with van der Waals surface area (Å²) in [6.45, 7) is 4.78. The second kappa shape index (κ2) is 7.49. The molecule has 0 bridgehead atoms. The van der Waals surface area contributed by atoms with E-state index in [-0.39, 0.29) is 17.9 Å². The third kappa shape index (κ3) is 3.65. The molecule has 0 radical (unpaired) electrons. The number of hydrogen-bond donors (Lipinski definition) is 2. The minimum atomic E-state index is -1.05. The maximum absolute atomic E-state index is 12.3. The van der Waals surface area contributed by atoms with E-state index in [0.29, 0.717) is 10.7 Å². The first-order valence-corrected chi connectivity index (χ1v) is 8.97. The molecule has 1 aromatic carbocycles. The van der Waals surface area contributed by atoms with E-state index in [0.717, 1.165) is 23.5 Å². The molecule has 0 saturated heterocycles. The Morgan fingerprint density at radius 3 is 2.77 bits per heavy atom. The highest BCUT2D eigenvalue weighted by Crippen LogP contribution is 2.27. The zero-order valence-electron chi connectivity index (χ0n) is 14.4.